The highest BCUT2D eigenvalue weighted by atomic mass is 16.5. The highest BCUT2D eigenvalue weighted by Crippen LogP contribution is 2.36. The molecule has 4 N–H and O–H groups in total. The quantitative estimate of drug-likeness (QED) is 0.291. The van der Waals surface area contributed by atoms with Crippen LogP contribution in [-0.2, 0) is 0 Å². The SMILES string of the molecule is [2H]C([2H])([2H])Oc1ccccc1OCCNCC(O)COc1cccc2[nH]c3c(O)cccc3c12. The summed E-state index contributed by atoms with van der Waals surface area (Å²) in [6.07, 6.45) is -0.764. The van der Waals surface area contributed by atoms with Crippen molar-refractivity contribution < 1.29 is 28.5 Å². The van der Waals surface area contributed by atoms with Gasteiger partial charge in [-0.3, -0.25) is 0 Å². The van der Waals surface area contributed by atoms with Gasteiger partial charge in [0.15, 0.2) is 11.5 Å². The molecule has 3 aromatic carbocycles. The Morgan fingerprint density at radius 3 is 2.68 bits per heavy atom. The number of aromatic hydroxyl groups is 1. The molecule has 1 aromatic heterocycles. The van der Waals surface area contributed by atoms with Gasteiger partial charge in [0, 0.05) is 23.9 Å². The Kier molecular flexibility index (Phi) is 5.35. The summed E-state index contributed by atoms with van der Waals surface area (Å²) in [5, 5.41) is 25.2. The lowest BCUT2D eigenvalue weighted by molar-refractivity contribution is 0.106. The number of hydrogen-bond donors (Lipinski definition) is 4. The number of aromatic amines is 1. The van der Waals surface area contributed by atoms with Crippen molar-refractivity contribution in [2.24, 2.45) is 0 Å². The Balaban J connectivity index is 1.26. The molecule has 1 heterocycles. The number of phenols is 1. The lowest BCUT2D eigenvalue weighted by Gasteiger charge is -2.15. The first-order valence-electron chi connectivity index (χ1n) is 11.5. The first kappa shape index (κ1) is 17.3. The molecule has 7 nitrogen and oxygen atoms in total. The zero-order valence-corrected chi connectivity index (χ0v) is 16.8. The molecule has 0 aliphatic carbocycles. The highest BCUT2D eigenvalue weighted by molar-refractivity contribution is 6.11. The molecule has 0 amide bonds. The van der Waals surface area contributed by atoms with Crippen LogP contribution in [0.4, 0.5) is 0 Å². The van der Waals surface area contributed by atoms with Crippen LogP contribution >= 0.6 is 0 Å². The Bertz CT molecular complexity index is 1260. The third kappa shape index (κ3) is 4.68. The van der Waals surface area contributed by atoms with Crippen molar-refractivity contribution in [3.63, 3.8) is 0 Å². The number of rotatable bonds is 10. The average Bonchev–Trinajstić information content (AvgIpc) is 3.18. The number of fused-ring (bicyclic) bond motifs is 3. The number of ether oxygens (including phenoxy) is 3. The molecule has 162 valence electrons. The normalized spacial score (nSPS) is 14.0. The molecule has 0 fully saturated rings. The largest absolute Gasteiger partial charge is 0.506 e. The van der Waals surface area contributed by atoms with Gasteiger partial charge < -0.3 is 34.7 Å². The number of aliphatic hydroxyl groups excluding tert-OH is 1. The monoisotopic (exact) mass is 425 g/mol. The molecule has 0 saturated heterocycles. The molecule has 0 radical (unpaired) electrons. The van der Waals surface area contributed by atoms with Gasteiger partial charge in [-0.2, -0.15) is 0 Å². The molecule has 0 aliphatic rings. The van der Waals surface area contributed by atoms with E-state index in [0.29, 0.717) is 23.6 Å². The molecule has 0 bridgehead atoms. The predicted molar refractivity (Wildman–Crippen MR) is 120 cm³/mol. The maximum atomic E-state index is 10.3. The fourth-order valence-electron chi connectivity index (χ4n) is 3.45. The number of hydrogen-bond acceptors (Lipinski definition) is 6. The molecule has 0 spiro atoms. The molecule has 7 heteroatoms. The average molecular weight is 425 g/mol. The van der Waals surface area contributed by atoms with Crippen LogP contribution in [0.5, 0.6) is 23.0 Å². The van der Waals surface area contributed by atoms with Crippen molar-refractivity contribution >= 4 is 21.8 Å². The minimum Gasteiger partial charge on any atom is -0.506 e. The van der Waals surface area contributed by atoms with Crippen LogP contribution in [0.3, 0.4) is 0 Å². The van der Waals surface area contributed by atoms with Gasteiger partial charge in [-0.1, -0.05) is 30.3 Å². The molecule has 0 aliphatic heterocycles. The number of aliphatic hydroxyl groups is 1. The van der Waals surface area contributed by atoms with Crippen LogP contribution < -0.4 is 19.5 Å². The molecule has 4 rings (SSSR count). The van der Waals surface area contributed by atoms with Gasteiger partial charge in [-0.25, -0.2) is 0 Å². The van der Waals surface area contributed by atoms with Crippen LogP contribution in [0.25, 0.3) is 21.8 Å². The van der Waals surface area contributed by atoms with Crippen molar-refractivity contribution in [2.45, 2.75) is 6.10 Å². The fourth-order valence-corrected chi connectivity index (χ4v) is 3.45. The first-order chi connectivity index (χ1) is 16.3. The van der Waals surface area contributed by atoms with Crippen LogP contribution in [0, 0.1) is 0 Å². The lowest BCUT2D eigenvalue weighted by atomic mass is 10.1. The Morgan fingerprint density at radius 2 is 1.81 bits per heavy atom. The predicted octanol–water partition coefficient (Wildman–Crippen LogP) is 3.44. The number of benzene rings is 3. The maximum Gasteiger partial charge on any atom is 0.161 e. The first-order valence-corrected chi connectivity index (χ1v) is 9.96. The number of H-pyrrole nitrogens is 1. The van der Waals surface area contributed by atoms with E-state index in [4.69, 9.17) is 18.3 Å². The van der Waals surface area contributed by atoms with E-state index in [0.717, 1.165) is 16.3 Å². The zero-order chi connectivity index (χ0) is 24.1. The number of nitrogens with one attached hydrogen (secondary N) is 2. The second-order valence-corrected chi connectivity index (χ2v) is 7.07. The van der Waals surface area contributed by atoms with E-state index in [-0.39, 0.29) is 31.3 Å². The van der Waals surface area contributed by atoms with Crippen LogP contribution in [0.2, 0.25) is 0 Å². The fraction of sp³-hybridized carbons (Fsp3) is 0.250. The minimum absolute atomic E-state index is 0.0771. The van der Waals surface area contributed by atoms with Crippen molar-refractivity contribution in [3.8, 4) is 23.0 Å². The van der Waals surface area contributed by atoms with E-state index in [1.807, 2.05) is 24.3 Å². The van der Waals surface area contributed by atoms with E-state index in [1.54, 1.807) is 30.3 Å². The molecular formula is C24H26N2O5. The van der Waals surface area contributed by atoms with Gasteiger partial charge >= 0.3 is 0 Å². The topological polar surface area (TPSA) is 96.0 Å². The molecule has 31 heavy (non-hydrogen) atoms. The smallest absolute Gasteiger partial charge is 0.161 e. The maximum absolute atomic E-state index is 10.3. The number of methoxy groups -OCH3 is 1. The van der Waals surface area contributed by atoms with Crippen molar-refractivity contribution in [1.29, 1.82) is 0 Å². The summed E-state index contributed by atoms with van der Waals surface area (Å²) < 4.78 is 38.1. The van der Waals surface area contributed by atoms with E-state index in [1.165, 1.54) is 6.07 Å². The molecule has 4 aromatic rings. The number of phenolic OH excluding ortho intramolecular Hbond substituents is 1. The lowest BCUT2D eigenvalue weighted by Crippen LogP contribution is -2.33. The van der Waals surface area contributed by atoms with Crippen LogP contribution in [-0.4, -0.2) is 54.6 Å². The van der Waals surface area contributed by atoms with Crippen LogP contribution in [0.15, 0.2) is 60.7 Å². The number of aromatic nitrogens is 1. The second-order valence-electron chi connectivity index (χ2n) is 7.07. The summed E-state index contributed by atoms with van der Waals surface area (Å²) in [6.45, 7) is 1.04. The Labute approximate surface area is 184 Å². The zero-order valence-electron chi connectivity index (χ0n) is 19.8. The third-order valence-electron chi connectivity index (χ3n) is 4.90. The summed E-state index contributed by atoms with van der Waals surface area (Å²) in [5.41, 5.74) is 1.48. The van der Waals surface area contributed by atoms with E-state index < -0.39 is 13.1 Å². The summed E-state index contributed by atoms with van der Waals surface area (Å²) in [7, 11) is -2.56. The van der Waals surface area contributed by atoms with Crippen LogP contribution in [0.1, 0.15) is 4.11 Å². The van der Waals surface area contributed by atoms with Gasteiger partial charge in [-0.15, -0.1) is 0 Å². The van der Waals surface area contributed by atoms with Gasteiger partial charge in [0.1, 0.15) is 30.8 Å². The second kappa shape index (κ2) is 9.59. The summed E-state index contributed by atoms with van der Waals surface area (Å²) in [6, 6.07) is 17.4. The van der Waals surface area contributed by atoms with Gasteiger partial charge in [-0.05, 0) is 30.3 Å². The van der Waals surface area contributed by atoms with Crippen molar-refractivity contribution in [1.82, 2.24) is 10.3 Å². The number of para-hydroxylation sites is 3. The minimum atomic E-state index is -2.56. The molecular weight excluding hydrogens is 396 g/mol. The summed E-state index contributed by atoms with van der Waals surface area (Å²) in [5.74, 6) is 1.26. The van der Waals surface area contributed by atoms with Gasteiger partial charge in [0.25, 0.3) is 0 Å². The Hall–Kier alpha value is -3.42. The standard InChI is InChI=1S/C24H26N2O5/c1-29-20-9-2-3-10-21(20)30-13-12-25-14-16(27)15-31-22-11-5-7-18-23(22)17-6-4-8-19(28)24(17)26-18/h2-11,16,25-28H,12-15H2,1H3/i1D3. The summed E-state index contributed by atoms with van der Waals surface area (Å²) >= 11 is 0. The van der Waals surface area contributed by atoms with E-state index in [2.05, 4.69) is 10.3 Å². The van der Waals surface area contributed by atoms with Gasteiger partial charge in [0.2, 0.25) is 0 Å². The van der Waals surface area contributed by atoms with E-state index >= 15 is 0 Å². The van der Waals surface area contributed by atoms with E-state index in [9.17, 15) is 10.2 Å². The molecule has 1 unspecified atom stereocenters. The molecule has 1 atom stereocenters. The van der Waals surface area contributed by atoms with Crippen molar-refractivity contribution in [2.75, 3.05) is 33.3 Å². The molecule has 0 saturated carbocycles. The highest BCUT2D eigenvalue weighted by Gasteiger charge is 2.13. The van der Waals surface area contributed by atoms with Gasteiger partial charge in [0.05, 0.1) is 22.2 Å². The summed E-state index contributed by atoms with van der Waals surface area (Å²) in [4.78, 5) is 3.19. The third-order valence-corrected chi connectivity index (χ3v) is 4.90. The Morgan fingerprint density at radius 1 is 1.00 bits per heavy atom. The van der Waals surface area contributed by atoms with Crippen molar-refractivity contribution in [3.05, 3.63) is 60.7 Å².